The van der Waals surface area contributed by atoms with E-state index in [0.717, 1.165) is 28.0 Å². The maximum Gasteiger partial charge on any atom is 0.262 e. The van der Waals surface area contributed by atoms with Gasteiger partial charge in [-0.2, -0.15) is 5.10 Å². The third-order valence-electron chi connectivity index (χ3n) is 4.06. The fraction of sp³-hybridized carbons (Fsp3) is 0.316. The van der Waals surface area contributed by atoms with E-state index in [1.54, 1.807) is 6.92 Å². The van der Waals surface area contributed by atoms with Crippen LogP contribution in [0.2, 0.25) is 0 Å². The van der Waals surface area contributed by atoms with E-state index in [1.165, 1.54) is 11.3 Å². The number of benzene rings is 1. The number of amides is 2. The molecule has 26 heavy (non-hydrogen) atoms. The van der Waals surface area contributed by atoms with Crippen molar-refractivity contribution in [1.29, 1.82) is 0 Å². The molecule has 0 fully saturated rings. The average molecular weight is 370 g/mol. The molecule has 1 unspecified atom stereocenters. The molecule has 0 aliphatic heterocycles. The number of nitrogens with zero attached hydrogens (tertiary/aromatic N) is 2. The van der Waals surface area contributed by atoms with Gasteiger partial charge < -0.3 is 10.6 Å². The van der Waals surface area contributed by atoms with Gasteiger partial charge in [0.1, 0.15) is 10.9 Å². The summed E-state index contributed by atoms with van der Waals surface area (Å²) in [5.74, 6) is -0.419. The van der Waals surface area contributed by atoms with Crippen LogP contribution in [0, 0.1) is 6.92 Å². The smallest absolute Gasteiger partial charge is 0.262 e. The summed E-state index contributed by atoms with van der Waals surface area (Å²) in [6, 6.07) is 11.1. The topological polar surface area (TPSA) is 76.0 Å². The van der Waals surface area contributed by atoms with Crippen LogP contribution in [-0.2, 0) is 4.79 Å². The highest BCUT2D eigenvalue weighted by Crippen LogP contribution is 2.30. The molecule has 0 spiro atoms. The maximum absolute atomic E-state index is 12.5. The molecule has 0 aliphatic carbocycles. The van der Waals surface area contributed by atoms with Crippen LogP contribution in [0.5, 0.6) is 0 Å². The number of thiophene rings is 1. The summed E-state index contributed by atoms with van der Waals surface area (Å²) >= 11 is 1.38. The third kappa shape index (κ3) is 3.62. The first-order valence-corrected chi connectivity index (χ1v) is 9.46. The summed E-state index contributed by atoms with van der Waals surface area (Å²) in [5, 5.41) is 11.1. The van der Waals surface area contributed by atoms with Crippen molar-refractivity contribution in [2.24, 2.45) is 0 Å². The summed E-state index contributed by atoms with van der Waals surface area (Å²) in [6.45, 7) is 6.21. The minimum Gasteiger partial charge on any atom is -0.354 e. The Balaban J connectivity index is 1.83. The minimum absolute atomic E-state index is 0.173. The molecule has 1 aromatic carbocycles. The Bertz CT molecular complexity index is 930. The van der Waals surface area contributed by atoms with Gasteiger partial charge in [-0.3, -0.25) is 9.59 Å². The predicted octanol–water partition coefficient (Wildman–Crippen LogP) is 3.04. The molecule has 6 nitrogen and oxygen atoms in total. The first-order valence-electron chi connectivity index (χ1n) is 8.64. The second-order valence-corrected chi connectivity index (χ2v) is 7.18. The van der Waals surface area contributed by atoms with Crippen LogP contribution in [0.1, 0.15) is 35.6 Å². The highest BCUT2D eigenvalue weighted by Gasteiger charge is 2.20. The lowest BCUT2D eigenvalue weighted by Crippen LogP contribution is -2.44. The zero-order chi connectivity index (χ0) is 18.7. The Morgan fingerprint density at radius 1 is 1.27 bits per heavy atom. The first kappa shape index (κ1) is 18.1. The number of hydrogen-bond acceptors (Lipinski definition) is 4. The molecule has 0 saturated carbocycles. The highest BCUT2D eigenvalue weighted by atomic mass is 32.1. The normalized spacial score (nSPS) is 12.1. The Morgan fingerprint density at radius 2 is 2.00 bits per heavy atom. The summed E-state index contributed by atoms with van der Waals surface area (Å²) < 4.78 is 1.85. The third-order valence-corrected chi connectivity index (χ3v) is 5.17. The van der Waals surface area contributed by atoms with E-state index >= 15 is 0 Å². The first-order chi connectivity index (χ1) is 12.5. The second-order valence-electron chi connectivity index (χ2n) is 6.15. The molecule has 1 atom stereocenters. The van der Waals surface area contributed by atoms with Gasteiger partial charge in [-0.15, -0.1) is 11.3 Å². The molecule has 0 saturated heterocycles. The molecule has 136 valence electrons. The quantitative estimate of drug-likeness (QED) is 0.700. The Hall–Kier alpha value is -2.67. The zero-order valence-electron chi connectivity index (χ0n) is 15.1. The van der Waals surface area contributed by atoms with E-state index in [0.29, 0.717) is 11.4 Å². The van der Waals surface area contributed by atoms with E-state index in [4.69, 9.17) is 0 Å². The van der Waals surface area contributed by atoms with Crippen LogP contribution >= 0.6 is 11.3 Å². The summed E-state index contributed by atoms with van der Waals surface area (Å²) in [6.07, 6.45) is 0.859. The lowest BCUT2D eigenvalue weighted by atomic mass is 10.2. The van der Waals surface area contributed by atoms with E-state index in [9.17, 15) is 9.59 Å². The number of aryl methyl sites for hydroxylation is 1. The van der Waals surface area contributed by atoms with E-state index in [2.05, 4.69) is 15.7 Å². The maximum atomic E-state index is 12.5. The largest absolute Gasteiger partial charge is 0.354 e. The van der Waals surface area contributed by atoms with Crippen molar-refractivity contribution in [3.05, 3.63) is 47.0 Å². The van der Waals surface area contributed by atoms with E-state index < -0.39 is 6.04 Å². The molecular formula is C19H22N4O2S. The van der Waals surface area contributed by atoms with Gasteiger partial charge in [0.2, 0.25) is 5.91 Å². The number of carbonyl (C=O) groups excluding carboxylic acids is 2. The van der Waals surface area contributed by atoms with Gasteiger partial charge in [0.05, 0.1) is 16.3 Å². The van der Waals surface area contributed by atoms with Crippen molar-refractivity contribution >= 4 is 33.4 Å². The molecule has 2 aromatic heterocycles. The molecule has 0 radical (unpaired) electrons. The number of aromatic nitrogens is 2. The van der Waals surface area contributed by atoms with Crippen molar-refractivity contribution in [2.45, 2.75) is 33.2 Å². The van der Waals surface area contributed by atoms with Crippen LogP contribution in [0.3, 0.4) is 0 Å². The Morgan fingerprint density at radius 3 is 2.69 bits per heavy atom. The van der Waals surface area contributed by atoms with Gasteiger partial charge in [-0.05, 0) is 38.5 Å². The van der Waals surface area contributed by atoms with Gasteiger partial charge in [0, 0.05) is 11.9 Å². The summed E-state index contributed by atoms with van der Waals surface area (Å²) in [4.78, 5) is 26.0. The van der Waals surface area contributed by atoms with Crippen molar-refractivity contribution in [1.82, 2.24) is 20.4 Å². The predicted molar refractivity (Wildman–Crippen MR) is 104 cm³/mol. The fourth-order valence-electron chi connectivity index (χ4n) is 2.64. The van der Waals surface area contributed by atoms with Crippen LogP contribution in [0.25, 0.3) is 15.9 Å². The number of fused-ring (bicyclic) bond motifs is 1. The van der Waals surface area contributed by atoms with Crippen LogP contribution in [-0.4, -0.2) is 34.2 Å². The van der Waals surface area contributed by atoms with Gasteiger partial charge >= 0.3 is 0 Å². The van der Waals surface area contributed by atoms with E-state index in [1.807, 2.05) is 54.9 Å². The number of para-hydroxylation sites is 1. The van der Waals surface area contributed by atoms with Crippen molar-refractivity contribution in [3.63, 3.8) is 0 Å². The van der Waals surface area contributed by atoms with Gasteiger partial charge in [0.25, 0.3) is 5.91 Å². The van der Waals surface area contributed by atoms with Gasteiger partial charge in [0.15, 0.2) is 0 Å². The Labute approximate surface area is 156 Å². The second kappa shape index (κ2) is 7.70. The van der Waals surface area contributed by atoms with E-state index in [-0.39, 0.29) is 11.8 Å². The molecule has 2 N–H and O–H groups in total. The van der Waals surface area contributed by atoms with Crippen molar-refractivity contribution in [2.75, 3.05) is 6.54 Å². The zero-order valence-corrected chi connectivity index (χ0v) is 15.9. The highest BCUT2D eigenvalue weighted by molar-refractivity contribution is 7.20. The number of rotatable bonds is 6. The standard InChI is InChI=1S/C19H22N4O2S/c1-4-10-20-17(24)13(3)21-18(25)16-11-15-12(2)22-23(19(15)26-16)14-8-6-5-7-9-14/h5-9,11,13H,4,10H2,1-3H3,(H,20,24)(H,21,25). The molecular weight excluding hydrogens is 348 g/mol. The molecule has 7 heteroatoms. The molecule has 3 rings (SSSR count). The molecule has 0 aliphatic rings. The summed E-state index contributed by atoms with van der Waals surface area (Å²) in [7, 11) is 0. The molecule has 0 bridgehead atoms. The number of nitrogens with one attached hydrogen (secondary N) is 2. The lowest BCUT2D eigenvalue weighted by molar-refractivity contribution is -0.122. The van der Waals surface area contributed by atoms with Crippen molar-refractivity contribution in [3.8, 4) is 5.69 Å². The van der Waals surface area contributed by atoms with Gasteiger partial charge in [-0.1, -0.05) is 25.1 Å². The SMILES string of the molecule is CCCNC(=O)C(C)NC(=O)c1cc2c(C)nn(-c3ccccc3)c2s1. The molecule has 2 heterocycles. The minimum atomic E-state index is -0.578. The van der Waals surface area contributed by atoms with Gasteiger partial charge in [-0.25, -0.2) is 4.68 Å². The molecule has 3 aromatic rings. The van der Waals surface area contributed by atoms with Crippen LogP contribution < -0.4 is 10.6 Å². The van der Waals surface area contributed by atoms with Crippen LogP contribution in [0.15, 0.2) is 36.4 Å². The molecule has 2 amide bonds. The monoisotopic (exact) mass is 370 g/mol. The number of carbonyl (C=O) groups is 2. The van der Waals surface area contributed by atoms with Crippen molar-refractivity contribution < 1.29 is 9.59 Å². The average Bonchev–Trinajstić information content (AvgIpc) is 3.21. The lowest BCUT2D eigenvalue weighted by Gasteiger charge is -2.13. The Kier molecular flexibility index (Phi) is 5.37. The fourth-order valence-corrected chi connectivity index (χ4v) is 3.72. The number of hydrogen-bond donors (Lipinski definition) is 2. The summed E-state index contributed by atoms with van der Waals surface area (Å²) in [5.41, 5.74) is 1.82. The van der Waals surface area contributed by atoms with Crippen LogP contribution in [0.4, 0.5) is 0 Å².